The van der Waals surface area contributed by atoms with Gasteiger partial charge in [-0.15, -0.1) is 0 Å². The van der Waals surface area contributed by atoms with Gasteiger partial charge in [0.25, 0.3) is 0 Å². The maximum atomic E-state index is 12.2. The average molecular weight is 354 g/mol. The molecule has 0 aromatic carbocycles. The molecule has 1 saturated heterocycles. The summed E-state index contributed by atoms with van der Waals surface area (Å²) < 4.78 is 0.815. The van der Waals surface area contributed by atoms with E-state index >= 15 is 0 Å². The second-order valence-electron chi connectivity index (χ2n) is 5.34. The lowest BCUT2D eigenvalue weighted by Crippen LogP contribution is -2.68. The minimum Gasteiger partial charge on any atom is -0.357 e. The third-order valence-corrected chi connectivity index (χ3v) is 4.53. The molecular weight excluding hydrogens is 334 g/mol. The van der Waals surface area contributed by atoms with Crippen molar-refractivity contribution in [1.82, 2.24) is 15.2 Å². The highest BCUT2D eigenvalue weighted by Gasteiger charge is 2.51. The first kappa shape index (κ1) is 15.9. The Hall–Kier alpha value is -1.43. The number of amides is 2. The van der Waals surface area contributed by atoms with Crippen LogP contribution in [0.25, 0.3) is 0 Å². The molecule has 1 fully saturated rings. The Kier molecular flexibility index (Phi) is 4.98. The number of rotatable bonds is 5. The van der Waals surface area contributed by atoms with E-state index in [1.165, 1.54) is 6.92 Å². The molecule has 1 aromatic rings. The van der Waals surface area contributed by atoms with E-state index in [9.17, 15) is 9.59 Å². The van der Waals surface area contributed by atoms with Gasteiger partial charge in [-0.2, -0.15) is 0 Å². The lowest BCUT2D eigenvalue weighted by atomic mass is 9.79. The molecule has 1 unspecified atom stereocenters. The van der Waals surface area contributed by atoms with Crippen molar-refractivity contribution in [2.45, 2.75) is 38.1 Å². The fourth-order valence-corrected chi connectivity index (χ4v) is 3.33. The Labute approximate surface area is 133 Å². The number of aromatic nitrogens is 1. The minimum absolute atomic E-state index is 0.0366. The Morgan fingerprint density at radius 3 is 2.76 bits per heavy atom. The van der Waals surface area contributed by atoms with Crippen molar-refractivity contribution in [2.24, 2.45) is 0 Å². The summed E-state index contributed by atoms with van der Waals surface area (Å²) in [5.41, 5.74) is 0.331. The monoisotopic (exact) mass is 353 g/mol. The number of halogens is 1. The Morgan fingerprint density at radius 2 is 2.24 bits per heavy atom. The number of hydrogen-bond donors (Lipinski definition) is 1. The van der Waals surface area contributed by atoms with Gasteiger partial charge in [-0.3, -0.25) is 9.59 Å². The molecule has 0 bridgehead atoms. The highest BCUT2D eigenvalue weighted by atomic mass is 79.9. The molecule has 1 atom stereocenters. The number of likely N-dealkylation sites (N-methyl/N-ethyl adjacent to an activating group) is 1. The summed E-state index contributed by atoms with van der Waals surface area (Å²) in [5.74, 6) is -0.100. The predicted molar refractivity (Wildman–Crippen MR) is 83.7 cm³/mol. The molecule has 2 amide bonds. The summed E-state index contributed by atoms with van der Waals surface area (Å²) in [6.07, 6.45) is 3.02. The van der Waals surface area contributed by atoms with Gasteiger partial charge >= 0.3 is 0 Å². The van der Waals surface area contributed by atoms with Crippen LogP contribution >= 0.6 is 15.9 Å². The van der Waals surface area contributed by atoms with Crippen LogP contribution in [0.1, 0.15) is 31.9 Å². The number of carbonyl (C=O) groups excluding carboxylic acids is 2. The van der Waals surface area contributed by atoms with Crippen LogP contribution in [0.2, 0.25) is 0 Å². The van der Waals surface area contributed by atoms with Gasteiger partial charge in [0.2, 0.25) is 11.8 Å². The maximum absolute atomic E-state index is 12.2. The van der Waals surface area contributed by atoms with E-state index in [1.807, 2.05) is 18.2 Å². The SMILES string of the molecule is CNC(=O)C1(CCCc2cccc(Br)n2)CCN1C(C)=O. The molecule has 1 N–H and O–H groups in total. The number of pyridine rings is 1. The van der Waals surface area contributed by atoms with Gasteiger partial charge in [0.15, 0.2) is 0 Å². The van der Waals surface area contributed by atoms with Crippen LogP contribution in [0.5, 0.6) is 0 Å². The van der Waals surface area contributed by atoms with E-state index in [4.69, 9.17) is 0 Å². The topological polar surface area (TPSA) is 62.3 Å². The van der Waals surface area contributed by atoms with Crippen molar-refractivity contribution in [2.75, 3.05) is 13.6 Å². The van der Waals surface area contributed by atoms with Crippen LogP contribution in [0.3, 0.4) is 0 Å². The number of aryl methyl sites for hydroxylation is 1. The number of likely N-dealkylation sites (tertiary alicyclic amines) is 1. The fraction of sp³-hybridized carbons (Fsp3) is 0.533. The van der Waals surface area contributed by atoms with E-state index in [-0.39, 0.29) is 11.8 Å². The molecule has 2 heterocycles. The predicted octanol–water partition coefficient (Wildman–Crippen LogP) is 1.90. The summed E-state index contributed by atoms with van der Waals surface area (Å²) >= 11 is 3.35. The molecule has 2 rings (SSSR count). The number of nitrogens with zero attached hydrogens (tertiary/aromatic N) is 2. The van der Waals surface area contributed by atoms with Gasteiger partial charge in [0.1, 0.15) is 10.1 Å². The maximum Gasteiger partial charge on any atom is 0.245 e. The molecule has 1 aliphatic heterocycles. The summed E-state index contributed by atoms with van der Waals surface area (Å²) in [4.78, 5) is 29.9. The molecule has 1 aliphatic rings. The Balaban J connectivity index is 2.01. The standard InChI is InChI=1S/C15H20BrN3O2/c1-11(20)19-10-9-15(19,14(21)17-2)8-4-6-12-5-3-7-13(16)18-12/h3,5,7H,4,6,8-10H2,1-2H3,(H,17,21). The van der Waals surface area contributed by atoms with E-state index in [2.05, 4.69) is 26.2 Å². The average Bonchev–Trinajstić information content (AvgIpc) is 2.41. The van der Waals surface area contributed by atoms with E-state index < -0.39 is 5.54 Å². The zero-order valence-corrected chi connectivity index (χ0v) is 13.9. The van der Waals surface area contributed by atoms with Gasteiger partial charge in [0, 0.05) is 26.2 Å². The largest absolute Gasteiger partial charge is 0.357 e. The normalized spacial score (nSPS) is 20.8. The molecular formula is C15H20BrN3O2. The van der Waals surface area contributed by atoms with Crippen molar-refractivity contribution in [3.63, 3.8) is 0 Å². The zero-order valence-electron chi connectivity index (χ0n) is 12.4. The smallest absolute Gasteiger partial charge is 0.245 e. The Morgan fingerprint density at radius 1 is 1.48 bits per heavy atom. The van der Waals surface area contributed by atoms with Crippen molar-refractivity contribution in [3.05, 3.63) is 28.5 Å². The van der Waals surface area contributed by atoms with E-state index in [0.717, 1.165) is 29.6 Å². The molecule has 0 aliphatic carbocycles. The summed E-state index contributed by atoms with van der Waals surface area (Å²) in [6, 6.07) is 5.81. The number of carbonyl (C=O) groups is 2. The highest BCUT2D eigenvalue weighted by Crippen LogP contribution is 2.35. The molecule has 0 radical (unpaired) electrons. The number of nitrogens with one attached hydrogen (secondary N) is 1. The second-order valence-corrected chi connectivity index (χ2v) is 6.15. The lowest BCUT2D eigenvalue weighted by Gasteiger charge is -2.51. The Bertz CT molecular complexity index is 549. The minimum atomic E-state index is -0.660. The van der Waals surface area contributed by atoms with Crippen LogP contribution in [0.15, 0.2) is 22.8 Å². The van der Waals surface area contributed by atoms with Gasteiger partial charge in [-0.05, 0) is 53.7 Å². The van der Waals surface area contributed by atoms with Gasteiger partial charge in [-0.25, -0.2) is 4.98 Å². The fourth-order valence-electron chi connectivity index (χ4n) is 2.95. The van der Waals surface area contributed by atoms with Crippen molar-refractivity contribution >= 4 is 27.7 Å². The first-order valence-corrected chi connectivity index (χ1v) is 7.91. The van der Waals surface area contributed by atoms with Crippen molar-refractivity contribution in [1.29, 1.82) is 0 Å². The van der Waals surface area contributed by atoms with Crippen molar-refractivity contribution in [3.8, 4) is 0 Å². The first-order valence-electron chi connectivity index (χ1n) is 7.11. The lowest BCUT2D eigenvalue weighted by molar-refractivity contribution is -0.158. The zero-order chi connectivity index (χ0) is 15.5. The van der Waals surface area contributed by atoms with E-state index in [0.29, 0.717) is 13.0 Å². The molecule has 6 heteroatoms. The van der Waals surface area contributed by atoms with Crippen LogP contribution in [0, 0.1) is 0 Å². The van der Waals surface area contributed by atoms with Gasteiger partial charge < -0.3 is 10.2 Å². The van der Waals surface area contributed by atoms with Crippen LogP contribution < -0.4 is 5.32 Å². The summed E-state index contributed by atoms with van der Waals surface area (Å²) in [7, 11) is 1.62. The molecule has 21 heavy (non-hydrogen) atoms. The number of hydrogen-bond acceptors (Lipinski definition) is 3. The third-order valence-electron chi connectivity index (χ3n) is 4.09. The molecule has 0 saturated carbocycles. The summed E-state index contributed by atoms with van der Waals surface area (Å²) in [5, 5.41) is 2.69. The second kappa shape index (κ2) is 6.56. The molecule has 5 nitrogen and oxygen atoms in total. The van der Waals surface area contributed by atoms with Crippen LogP contribution in [-0.4, -0.2) is 40.8 Å². The summed E-state index contributed by atoms with van der Waals surface area (Å²) in [6.45, 7) is 2.19. The van der Waals surface area contributed by atoms with Gasteiger partial charge in [-0.1, -0.05) is 6.07 Å². The highest BCUT2D eigenvalue weighted by molar-refractivity contribution is 9.10. The third kappa shape index (κ3) is 3.26. The quantitative estimate of drug-likeness (QED) is 0.822. The van der Waals surface area contributed by atoms with Gasteiger partial charge in [0.05, 0.1) is 0 Å². The molecule has 1 aromatic heterocycles. The van der Waals surface area contributed by atoms with Crippen LogP contribution in [0.4, 0.5) is 0 Å². The van der Waals surface area contributed by atoms with E-state index in [1.54, 1.807) is 11.9 Å². The van der Waals surface area contributed by atoms with Crippen LogP contribution in [-0.2, 0) is 16.0 Å². The molecule has 0 spiro atoms. The van der Waals surface area contributed by atoms with Crippen molar-refractivity contribution < 1.29 is 9.59 Å². The molecule has 114 valence electrons. The first-order chi connectivity index (χ1) is 9.99.